The highest BCUT2D eigenvalue weighted by atomic mass is 16.1. The number of hydrogen-bond donors (Lipinski definition) is 0. The zero-order valence-corrected chi connectivity index (χ0v) is 8.97. The molecule has 0 amide bonds. The Balaban J connectivity index is 3.13. The lowest BCUT2D eigenvalue weighted by Crippen LogP contribution is -1.92. The normalized spacial score (nSPS) is 12.0. The van der Waals surface area contributed by atoms with Gasteiger partial charge in [-0.25, -0.2) is 4.98 Å². The quantitative estimate of drug-likeness (QED) is 0.555. The van der Waals surface area contributed by atoms with Gasteiger partial charge in [0, 0.05) is 18.8 Å². The first-order valence-electron chi connectivity index (χ1n) is 4.67. The van der Waals surface area contributed by atoms with E-state index in [1.165, 1.54) is 0 Å². The maximum atomic E-state index is 10.6. The third-order valence-electron chi connectivity index (χ3n) is 2.00. The molecule has 0 aliphatic carbocycles. The molecule has 0 unspecified atom stereocenters. The molecular weight excluding hydrogens is 188 g/mol. The number of nitrogens with zero attached hydrogens (tertiary/aromatic N) is 2. The van der Waals surface area contributed by atoms with Gasteiger partial charge in [-0.2, -0.15) is 0 Å². The summed E-state index contributed by atoms with van der Waals surface area (Å²) in [4.78, 5) is 14.8. The fourth-order valence-electron chi connectivity index (χ4n) is 1.19. The molecule has 3 heteroatoms. The van der Waals surface area contributed by atoms with Gasteiger partial charge >= 0.3 is 0 Å². The van der Waals surface area contributed by atoms with E-state index in [0.717, 1.165) is 17.6 Å². The Bertz CT molecular complexity index is 425. The Morgan fingerprint density at radius 3 is 2.80 bits per heavy atom. The summed E-state index contributed by atoms with van der Waals surface area (Å²) in [6.45, 7) is 5.65. The van der Waals surface area contributed by atoms with Gasteiger partial charge in [0.15, 0.2) is 12.1 Å². The fourth-order valence-corrected chi connectivity index (χ4v) is 1.19. The standard InChI is InChI=1S/C12H14N2O/c1-4-6-7-10(5-2)11-8-14(3)12(9-15)13-11/h4-9H,2H2,1,3H3/b6-4-,10-7+. The first-order valence-corrected chi connectivity index (χ1v) is 4.67. The molecule has 0 saturated carbocycles. The summed E-state index contributed by atoms with van der Waals surface area (Å²) in [6.07, 6.45) is 10.0. The highest BCUT2D eigenvalue weighted by Crippen LogP contribution is 2.14. The van der Waals surface area contributed by atoms with E-state index < -0.39 is 0 Å². The summed E-state index contributed by atoms with van der Waals surface area (Å²) in [6, 6.07) is 0. The Kier molecular flexibility index (Phi) is 3.80. The van der Waals surface area contributed by atoms with Crippen LogP contribution >= 0.6 is 0 Å². The second kappa shape index (κ2) is 5.10. The first-order chi connectivity index (χ1) is 7.22. The molecule has 0 N–H and O–H groups in total. The molecule has 1 rings (SSSR count). The van der Waals surface area contributed by atoms with E-state index in [2.05, 4.69) is 11.6 Å². The minimum atomic E-state index is 0.415. The molecule has 3 nitrogen and oxygen atoms in total. The van der Waals surface area contributed by atoms with E-state index in [4.69, 9.17) is 0 Å². The van der Waals surface area contributed by atoms with Crippen molar-refractivity contribution >= 4 is 11.9 Å². The monoisotopic (exact) mass is 202 g/mol. The number of aryl methyl sites for hydroxylation is 1. The van der Waals surface area contributed by atoms with E-state index in [1.807, 2.05) is 25.2 Å². The molecule has 0 aliphatic rings. The molecule has 0 spiro atoms. The van der Waals surface area contributed by atoms with Gasteiger partial charge in [-0.1, -0.05) is 30.9 Å². The number of carbonyl (C=O) groups is 1. The average molecular weight is 202 g/mol. The lowest BCUT2D eigenvalue weighted by Gasteiger charge is -1.93. The van der Waals surface area contributed by atoms with Crippen LogP contribution in [0.4, 0.5) is 0 Å². The van der Waals surface area contributed by atoms with Crippen molar-refractivity contribution in [3.63, 3.8) is 0 Å². The summed E-state index contributed by atoms with van der Waals surface area (Å²) >= 11 is 0. The van der Waals surface area contributed by atoms with Crippen molar-refractivity contribution in [2.24, 2.45) is 7.05 Å². The van der Waals surface area contributed by atoms with Gasteiger partial charge in [-0.05, 0) is 6.92 Å². The molecule has 0 radical (unpaired) electrons. The van der Waals surface area contributed by atoms with Crippen LogP contribution in [0.15, 0.2) is 37.1 Å². The van der Waals surface area contributed by atoms with E-state index in [1.54, 1.807) is 23.9 Å². The molecule has 1 aromatic heterocycles. The third kappa shape index (κ3) is 2.53. The largest absolute Gasteiger partial charge is 0.331 e. The van der Waals surface area contributed by atoms with Gasteiger partial charge in [0.2, 0.25) is 0 Å². The Labute approximate surface area is 89.4 Å². The van der Waals surface area contributed by atoms with Crippen LogP contribution in [0.2, 0.25) is 0 Å². The van der Waals surface area contributed by atoms with Gasteiger partial charge in [-0.15, -0.1) is 0 Å². The average Bonchev–Trinajstić information content (AvgIpc) is 2.61. The molecule has 1 aromatic rings. The number of allylic oxidation sites excluding steroid dienone is 5. The van der Waals surface area contributed by atoms with E-state index in [0.29, 0.717) is 5.82 Å². The van der Waals surface area contributed by atoms with Crippen LogP contribution in [0.1, 0.15) is 23.2 Å². The molecule has 0 aromatic carbocycles. The molecule has 78 valence electrons. The second-order valence-corrected chi connectivity index (χ2v) is 3.07. The number of carbonyl (C=O) groups excluding carboxylic acids is 1. The van der Waals surface area contributed by atoms with Gasteiger partial charge in [0.1, 0.15) is 0 Å². The van der Waals surface area contributed by atoms with Crippen LogP contribution < -0.4 is 0 Å². The van der Waals surface area contributed by atoms with Crippen molar-refractivity contribution in [1.29, 1.82) is 0 Å². The van der Waals surface area contributed by atoms with Crippen molar-refractivity contribution in [1.82, 2.24) is 9.55 Å². The molecule has 1 heterocycles. The van der Waals surface area contributed by atoms with Gasteiger partial charge in [-0.3, -0.25) is 4.79 Å². The van der Waals surface area contributed by atoms with Gasteiger partial charge in [0.25, 0.3) is 0 Å². The molecule has 0 fully saturated rings. The number of hydrogen-bond acceptors (Lipinski definition) is 2. The van der Waals surface area contributed by atoms with Crippen molar-refractivity contribution in [2.45, 2.75) is 6.92 Å². The highest BCUT2D eigenvalue weighted by molar-refractivity contribution is 5.76. The van der Waals surface area contributed by atoms with Crippen LogP contribution in [-0.2, 0) is 7.05 Å². The molecular formula is C12H14N2O. The van der Waals surface area contributed by atoms with Crippen LogP contribution in [0, 0.1) is 0 Å². The van der Waals surface area contributed by atoms with E-state index in [-0.39, 0.29) is 0 Å². The molecule has 0 saturated heterocycles. The summed E-state index contributed by atoms with van der Waals surface area (Å²) in [5, 5.41) is 0. The Hall–Kier alpha value is -1.90. The Morgan fingerprint density at radius 1 is 1.60 bits per heavy atom. The zero-order valence-electron chi connectivity index (χ0n) is 8.97. The number of aldehydes is 1. The highest BCUT2D eigenvalue weighted by Gasteiger charge is 2.05. The Morgan fingerprint density at radius 2 is 2.33 bits per heavy atom. The molecule has 0 aliphatic heterocycles. The fraction of sp³-hybridized carbons (Fsp3) is 0.167. The molecule has 0 atom stereocenters. The summed E-state index contributed by atoms with van der Waals surface area (Å²) in [5.74, 6) is 0.415. The molecule has 15 heavy (non-hydrogen) atoms. The SMILES string of the molecule is C=C/C(=C\C=C/C)c1cn(C)c(C=O)n1. The smallest absolute Gasteiger partial charge is 0.185 e. The van der Waals surface area contributed by atoms with Gasteiger partial charge in [0.05, 0.1) is 5.69 Å². The minimum Gasteiger partial charge on any atom is -0.331 e. The topological polar surface area (TPSA) is 34.9 Å². The number of aromatic nitrogens is 2. The predicted molar refractivity (Wildman–Crippen MR) is 61.6 cm³/mol. The van der Waals surface area contributed by atoms with E-state index >= 15 is 0 Å². The maximum Gasteiger partial charge on any atom is 0.185 e. The molecule has 0 bridgehead atoms. The summed E-state index contributed by atoms with van der Waals surface area (Å²) in [5.41, 5.74) is 1.66. The first kappa shape index (κ1) is 11.2. The van der Waals surface area contributed by atoms with Crippen molar-refractivity contribution in [3.8, 4) is 0 Å². The van der Waals surface area contributed by atoms with Gasteiger partial charge < -0.3 is 4.57 Å². The van der Waals surface area contributed by atoms with Crippen LogP contribution in [0.25, 0.3) is 5.57 Å². The van der Waals surface area contributed by atoms with Crippen LogP contribution in [0.5, 0.6) is 0 Å². The minimum absolute atomic E-state index is 0.415. The lowest BCUT2D eigenvalue weighted by molar-refractivity contribution is 0.111. The second-order valence-electron chi connectivity index (χ2n) is 3.07. The van der Waals surface area contributed by atoms with Crippen molar-refractivity contribution in [3.05, 3.63) is 48.6 Å². The lowest BCUT2D eigenvalue weighted by atomic mass is 10.2. The predicted octanol–water partition coefficient (Wildman–Crippen LogP) is 2.38. The number of imidazole rings is 1. The summed E-state index contributed by atoms with van der Waals surface area (Å²) < 4.78 is 1.69. The van der Waals surface area contributed by atoms with Crippen molar-refractivity contribution in [2.75, 3.05) is 0 Å². The van der Waals surface area contributed by atoms with E-state index in [9.17, 15) is 4.79 Å². The van der Waals surface area contributed by atoms with Crippen LogP contribution in [-0.4, -0.2) is 15.8 Å². The third-order valence-corrected chi connectivity index (χ3v) is 2.00. The number of rotatable bonds is 4. The summed E-state index contributed by atoms with van der Waals surface area (Å²) in [7, 11) is 1.79. The zero-order chi connectivity index (χ0) is 11.3. The van der Waals surface area contributed by atoms with Crippen molar-refractivity contribution < 1.29 is 4.79 Å². The van der Waals surface area contributed by atoms with Crippen LogP contribution in [0.3, 0.4) is 0 Å². The maximum absolute atomic E-state index is 10.6.